The summed E-state index contributed by atoms with van der Waals surface area (Å²) in [6, 6.07) is 6.48. The first kappa shape index (κ1) is 15.0. The highest BCUT2D eigenvalue weighted by molar-refractivity contribution is 5.79. The standard InChI is InChI=1S/C16H23FN2O/c1-11(14-8-3-4-9-15(14)17)19(2)16(20)12-6-5-7-13(18)10-12/h3-4,8-9,11-13H,5-7,10,18H2,1-2H3/t11-,12-,13+/m1/s1. The lowest BCUT2D eigenvalue weighted by molar-refractivity contribution is -0.137. The molecule has 2 rings (SSSR count). The van der Waals surface area contributed by atoms with Crippen molar-refractivity contribution in [2.75, 3.05) is 7.05 Å². The maximum Gasteiger partial charge on any atom is 0.225 e. The number of hydrogen-bond donors (Lipinski definition) is 1. The molecule has 20 heavy (non-hydrogen) atoms. The molecule has 1 fully saturated rings. The van der Waals surface area contributed by atoms with Gasteiger partial charge in [-0.2, -0.15) is 0 Å². The van der Waals surface area contributed by atoms with Gasteiger partial charge in [0.15, 0.2) is 0 Å². The molecule has 3 nitrogen and oxygen atoms in total. The third-order valence-electron chi connectivity index (χ3n) is 4.35. The molecule has 0 saturated heterocycles. The Balaban J connectivity index is 2.08. The lowest BCUT2D eigenvalue weighted by Gasteiger charge is -2.32. The van der Waals surface area contributed by atoms with E-state index in [0.717, 1.165) is 25.7 Å². The lowest BCUT2D eigenvalue weighted by atomic mass is 9.85. The minimum atomic E-state index is -0.264. The van der Waals surface area contributed by atoms with Gasteiger partial charge in [-0.15, -0.1) is 0 Å². The summed E-state index contributed by atoms with van der Waals surface area (Å²) in [6.45, 7) is 1.86. The van der Waals surface area contributed by atoms with Crippen LogP contribution in [0, 0.1) is 11.7 Å². The Hall–Kier alpha value is -1.42. The van der Waals surface area contributed by atoms with E-state index in [-0.39, 0.29) is 29.7 Å². The monoisotopic (exact) mass is 278 g/mol. The van der Waals surface area contributed by atoms with E-state index in [4.69, 9.17) is 5.73 Å². The quantitative estimate of drug-likeness (QED) is 0.924. The number of halogens is 1. The van der Waals surface area contributed by atoms with Gasteiger partial charge in [0.1, 0.15) is 5.82 Å². The van der Waals surface area contributed by atoms with E-state index in [9.17, 15) is 9.18 Å². The molecule has 1 aromatic carbocycles. The second-order valence-corrected chi connectivity index (χ2v) is 5.77. The highest BCUT2D eigenvalue weighted by Crippen LogP contribution is 2.28. The molecule has 0 bridgehead atoms. The Bertz CT molecular complexity index is 477. The van der Waals surface area contributed by atoms with Crippen molar-refractivity contribution in [3.63, 3.8) is 0 Å². The van der Waals surface area contributed by atoms with Crippen molar-refractivity contribution >= 4 is 5.91 Å². The normalized spacial score (nSPS) is 24.2. The molecule has 0 aliphatic heterocycles. The van der Waals surface area contributed by atoms with Gasteiger partial charge in [-0.1, -0.05) is 24.6 Å². The first-order valence-electron chi connectivity index (χ1n) is 7.27. The van der Waals surface area contributed by atoms with E-state index < -0.39 is 0 Å². The molecule has 0 aromatic heterocycles. The number of rotatable bonds is 3. The van der Waals surface area contributed by atoms with Gasteiger partial charge in [-0.3, -0.25) is 4.79 Å². The third-order valence-corrected chi connectivity index (χ3v) is 4.35. The second kappa shape index (κ2) is 6.35. The molecule has 0 unspecified atom stereocenters. The highest BCUT2D eigenvalue weighted by atomic mass is 19.1. The van der Waals surface area contributed by atoms with Crippen molar-refractivity contribution in [3.05, 3.63) is 35.6 Å². The Morgan fingerprint density at radius 1 is 1.40 bits per heavy atom. The number of nitrogens with zero attached hydrogens (tertiary/aromatic N) is 1. The van der Waals surface area contributed by atoms with Crippen LogP contribution in [0.2, 0.25) is 0 Å². The van der Waals surface area contributed by atoms with Gasteiger partial charge in [-0.25, -0.2) is 4.39 Å². The number of carbonyl (C=O) groups is 1. The van der Waals surface area contributed by atoms with E-state index in [0.29, 0.717) is 5.56 Å². The molecule has 0 radical (unpaired) electrons. The van der Waals surface area contributed by atoms with Crippen LogP contribution in [0.25, 0.3) is 0 Å². The van der Waals surface area contributed by atoms with Crippen LogP contribution in [0.1, 0.15) is 44.2 Å². The summed E-state index contributed by atoms with van der Waals surface area (Å²) in [5.74, 6) is -0.200. The van der Waals surface area contributed by atoms with Crippen molar-refractivity contribution in [1.82, 2.24) is 4.90 Å². The summed E-state index contributed by atoms with van der Waals surface area (Å²) in [7, 11) is 1.75. The fraction of sp³-hybridized carbons (Fsp3) is 0.562. The summed E-state index contributed by atoms with van der Waals surface area (Å²) in [5, 5.41) is 0. The van der Waals surface area contributed by atoms with Crippen LogP contribution < -0.4 is 5.73 Å². The SMILES string of the molecule is C[C@H](c1ccccc1F)N(C)C(=O)[C@@H]1CCC[C@H](N)C1. The van der Waals surface area contributed by atoms with E-state index in [1.165, 1.54) is 6.07 Å². The van der Waals surface area contributed by atoms with Gasteiger partial charge in [0.05, 0.1) is 6.04 Å². The molecule has 0 spiro atoms. The topological polar surface area (TPSA) is 46.3 Å². The Morgan fingerprint density at radius 3 is 2.75 bits per heavy atom. The minimum Gasteiger partial charge on any atom is -0.339 e. The maximum atomic E-state index is 13.8. The summed E-state index contributed by atoms with van der Waals surface area (Å²) in [6.07, 6.45) is 3.63. The van der Waals surface area contributed by atoms with Gasteiger partial charge >= 0.3 is 0 Å². The highest BCUT2D eigenvalue weighted by Gasteiger charge is 2.30. The van der Waals surface area contributed by atoms with Gasteiger partial charge in [0.2, 0.25) is 5.91 Å². The third kappa shape index (κ3) is 3.18. The predicted molar refractivity (Wildman–Crippen MR) is 77.5 cm³/mol. The van der Waals surface area contributed by atoms with Crippen molar-refractivity contribution in [2.24, 2.45) is 11.7 Å². The number of amides is 1. The number of carbonyl (C=O) groups excluding carboxylic acids is 1. The molecule has 1 aliphatic carbocycles. The molecule has 4 heteroatoms. The van der Waals surface area contributed by atoms with Crippen LogP contribution in [0.4, 0.5) is 4.39 Å². The molecule has 1 aromatic rings. The summed E-state index contributed by atoms with van der Waals surface area (Å²) < 4.78 is 13.8. The molecular weight excluding hydrogens is 255 g/mol. The van der Waals surface area contributed by atoms with E-state index in [1.54, 1.807) is 30.1 Å². The van der Waals surface area contributed by atoms with E-state index >= 15 is 0 Å². The molecule has 1 saturated carbocycles. The van der Waals surface area contributed by atoms with Gasteiger partial charge in [0, 0.05) is 24.6 Å². The van der Waals surface area contributed by atoms with Crippen molar-refractivity contribution < 1.29 is 9.18 Å². The Kier molecular flexibility index (Phi) is 4.76. The second-order valence-electron chi connectivity index (χ2n) is 5.77. The Labute approximate surface area is 120 Å². The average molecular weight is 278 g/mol. The first-order chi connectivity index (χ1) is 9.50. The van der Waals surface area contributed by atoms with Crippen LogP contribution in [-0.2, 0) is 4.79 Å². The molecule has 1 aliphatic rings. The smallest absolute Gasteiger partial charge is 0.225 e. The number of benzene rings is 1. The van der Waals surface area contributed by atoms with Gasteiger partial charge in [0.25, 0.3) is 0 Å². The molecule has 2 N–H and O–H groups in total. The van der Waals surface area contributed by atoms with Crippen molar-refractivity contribution in [3.8, 4) is 0 Å². The van der Waals surface area contributed by atoms with E-state index in [2.05, 4.69) is 0 Å². The molecule has 3 atom stereocenters. The van der Waals surface area contributed by atoms with Crippen molar-refractivity contribution in [1.29, 1.82) is 0 Å². The fourth-order valence-corrected chi connectivity index (χ4v) is 2.95. The molecule has 110 valence electrons. The average Bonchev–Trinajstić information content (AvgIpc) is 2.45. The fourth-order valence-electron chi connectivity index (χ4n) is 2.95. The van der Waals surface area contributed by atoms with Gasteiger partial charge in [-0.05, 0) is 32.3 Å². The van der Waals surface area contributed by atoms with Crippen LogP contribution >= 0.6 is 0 Å². The number of nitrogens with two attached hydrogens (primary N) is 1. The van der Waals surface area contributed by atoms with Crippen LogP contribution in [0.15, 0.2) is 24.3 Å². The van der Waals surface area contributed by atoms with Crippen LogP contribution in [0.5, 0.6) is 0 Å². The van der Waals surface area contributed by atoms with Gasteiger partial charge < -0.3 is 10.6 Å². The summed E-state index contributed by atoms with van der Waals surface area (Å²) in [4.78, 5) is 14.2. The zero-order valence-corrected chi connectivity index (χ0v) is 12.2. The zero-order chi connectivity index (χ0) is 14.7. The minimum absolute atomic E-state index is 0.0158. The molecular formula is C16H23FN2O. The van der Waals surface area contributed by atoms with Crippen LogP contribution in [-0.4, -0.2) is 23.9 Å². The van der Waals surface area contributed by atoms with Crippen molar-refractivity contribution in [2.45, 2.75) is 44.7 Å². The van der Waals surface area contributed by atoms with E-state index in [1.807, 2.05) is 6.92 Å². The largest absolute Gasteiger partial charge is 0.339 e. The first-order valence-corrected chi connectivity index (χ1v) is 7.27. The summed E-state index contributed by atoms with van der Waals surface area (Å²) in [5.41, 5.74) is 6.50. The maximum absolute atomic E-state index is 13.8. The Morgan fingerprint density at radius 2 is 2.10 bits per heavy atom. The lowest BCUT2D eigenvalue weighted by Crippen LogP contribution is -2.40. The zero-order valence-electron chi connectivity index (χ0n) is 12.2. The van der Waals surface area contributed by atoms with Crippen LogP contribution in [0.3, 0.4) is 0 Å². The summed E-state index contributed by atoms with van der Waals surface area (Å²) >= 11 is 0. The molecule has 0 heterocycles. The number of hydrogen-bond acceptors (Lipinski definition) is 2. The molecule has 1 amide bonds. The predicted octanol–water partition coefficient (Wildman–Crippen LogP) is 2.86.